The summed E-state index contributed by atoms with van der Waals surface area (Å²) >= 11 is 0. The summed E-state index contributed by atoms with van der Waals surface area (Å²) in [5.41, 5.74) is 1.43. The van der Waals surface area contributed by atoms with Crippen molar-refractivity contribution in [2.75, 3.05) is 24.5 Å². The Bertz CT molecular complexity index is 729. The molecule has 1 aliphatic rings. The van der Waals surface area contributed by atoms with Crippen molar-refractivity contribution >= 4 is 11.6 Å². The summed E-state index contributed by atoms with van der Waals surface area (Å²) in [5.74, 6) is 0.559. The number of para-hydroxylation sites is 1. The molecule has 1 N–H and O–H groups in total. The van der Waals surface area contributed by atoms with E-state index in [0.29, 0.717) is 24.1 Å². The molecule has 25 heavy (non-hydrogen) atoms. The number of carbonyl (C=O) groups is 1. The molecule has 0 aliphatic carbocycles. The molecule has 1 saturated heterocycles. The maximum atomic E-state index is 13.9. The van der Waals surface area contributed by atoms with E-state index in [2.05, 4.69) is 24.3 Å². The molecule has 2 heterocycles. The predicted octanol–water partition coefficient (Wildman–Crippen LogP) is 3.27. The van der Waals surface area contributed by atoms with Crippen molar-refractivity contribution in [3.63, 3.8) is 0 Å². The Kier molecular flexibility index (Phi) is 5.36. The average Bonchev–Trinajstić information content (AvgIpc) is 3.22. The third-order valence-corrected chi connectivity index (χ3v) is 4.43. The van der Waals surface area contributed by atoms with E-state index in [9.17, 15) is 9.18 Å². The molecule has 2 aromatic rings. The largest absolute Gasteiger partial charge is 0.369 e. The van der Waals surface area contributed by atoms with Gasteiger partial charge in [-0.25, -0.2) is 4.39 Å². The lowest BCUT2D eigenvalue weighted by Gasteiger charge is -2.19. The topological polar surface area (TPSA) is 58.4 Å². The maximum absolute atomic E-state index is 13.9. The molecule has 134 valence electrons. The summed E-state index contributed by atoms with van der Waals surface area (Å²) in [7, 11) is 0. The van der Waals surface area contributed by atoms with Gasteiger partial charge in [-0.1, -0.05) is 31.1 Å². The smallest absolute Gasteiger partial charge is 0.289 e. The van der Waals surface area contributed by atoms with Crippen LogP contribution in [-0.2, 0) is 6.42 Å². The molecule has 1 fully saturated rings. The van der Waals surface area contributed by atoms with Gasteiger partial charge in [-0.3, -0.25) is 4.79 Å². The summed E-state index contributed by atoms with van der Waals surface area (Å²) in [6, 6.07) is 8.50. The van der Waals surface area contributed by atoms with Gasteiger partial charge in [-0.05, 0) is 36.8 Å². The number of benzene rings is 1. The minimum atomic E-state index is -0.244. The van der Waals surface area contributed by atoms with E-state index >= 15 is 0 Å². The van der Waals surface area contributed by atoms with Gasteiger partial charge in [0.05, 0.1) is 11.4 Å². The second-order valence-corrected chi connectivity index (χ2v) is 7.04. The van der Waals surface area contributed by atoms with Crippen LogP contribution in [0.25, 0.3) is 0 Å². The Labute approximate surface area is 147 Å². The third kappa shape index (κ3) is 4.38. The molecule has 1 aliphatic heterocycles. The zero-order chi connectivity index (χ0) is 17.8. The molecule has 3 rings (SSSR count). The molecule has 6 heteroatoms. The second kappa shape index (κ2) is 7.68. The predicted molar refractivity (Wildman–Crippen MR) is 94.1 cm³/mol. The van der Waals surface area contributed by atoms with Crippen molar-refractivity contribution < 1.29 is 13.7 Å². The van der Waals surface area contributed by atoms with Crippen LogP contribution in [0.4, 0.5) is 10.1 Å². The molecule has 1 amide bonds. The maximum Gasteiger partial charge on any atom is 0.289 e. The zero-order valence-electron chi connectivity index (χ0n) is 14.7. The van der Waals surface area contributed by atoms with E-state index in [1.54, 1.807) is 18.2 Å². The van der Waals surface area contributed by atoms with Gasteiger partial charge in [0, 0.05) is 25.7 Å². The van der Waals surface area contributed by atoms with Crippen LogP contribution in [0.1, 0.15) is 36.5 Å². The SMILES string of the molecule is CC(C)Cc1cc(C(=O)NC[C@@H]2CCN(c3ccccc3F)C2)on1. The highest BCUT2D eigenvalue weighted by Crippen LogP contribution is 2.25. The molecular weight excluding hydrogens is 321 g/mol. The van der Waals surface area contributed by atoms with Gasteiger partial charge >= 0.3 is 0 Å². The molecule has 1 atom stereocenters. The normalized spacial score (nSPS) is 17.3. The number of amides is 1. The number of rotatable bonds is 6. The summed E-state index contributed by atoms with van der Waals surface area (Å²) in [6.45, 7) is 6.26. The van der Waals surface area contributed by atoms with E-state index in [4.69, 9.17) is 4.52 Å². The van der Waals surface area contributed by atoms with Crippen LogP contribution in [0.5, 0.6) is 0 Å². The van der Waals surface area contributed by atoms with Crippen molar-refractivity contribution in [3.05, 3.63) is 47.6 Å². The van der Waals surface area contributed by atoms with Crippen LogP contribution in [0.2, 0.25) is 0 Å². The van der Waals surface area contributed by atoms with E-state index in [1.807, 2.05) is 11.0 Å². The first kappa shape index (κ1) is 17.5. The van der Waals surface area contributed by atoms with E-state index < -0.39 is 0 Å². The Balaban J connectivity index is 1.50. The number of nitrogens with one attached hydrogen (secondary N) is 1. The second-order valence-electron chi connectivity index (χ2n) is 7.04. The van der Waals surface area contributed by atoms with Crippen LogP contribution < -0.4 is 10.2 Å². The van der Waals surface area contributed by atoms with E-state index in [1.165, 1.54) is 6.07 Å². The number of carbonyl (C=O) groups excluding carboxylic acids is 1. The Morgan fingerprint density at radius 1 is 1.44 bits per heavy atom. The average molecular weight is 345 g/mol. The number of anilines is 1. The molecule has 1 aromatic heterocycles. The minimum Gasteiger partial charge on any atom is -0.369 e. The lowest BCUT2D eigenvalue weighted by atomic mass is 10.1. The fraction of sp³-hybridized carbons (Fsp3) is 0.474. The van der Waals surface area contributed by atoms with Gasteiger partial charge in [-0.2, -0.15) is 0 Å². The molecule has 0 spiro atoms. The van der Waals surface area contributed by atoms with Crippen molar-refractivity contribution in [3.8, 4) is 0 Å². The zero-order valence-corrected chi connectivity index (χ0v) is 14.7. The van der Waals surface area contributed by atoms with E-state index in [-0.39, 0.29) is 17.5 Å². The third-order valence-electron chi connectivity index (χ3n) is 4.43. The first-order valence-corrected chi connectivity index (χ1v) is 8.76. The monoisotopic (exact) mass is 345 g/mol. The lowest BCUT2D eigenvalue weighted by Crippen LogP contribution is -2.31. The van der Waals surface area contributed by atoms with Crippen LogP contribution >= 0.6 is 0 Å². The molecule has 1 aromatic carbocycles. The van der Waals surface area contributed by atoms with Gasteiger partial charge in [0.25, 0.3) is 5.91 Å². The Hall–Kier alpha value is -2.37. The number of nitrogens with zero attached hydrogens (tertiary/aromatic N) is 2. The highest BCUT2D eigenvalue weighted by Gasteiger charge is 2.25. The first-order valence-electron chi connectivity index (χ1n) is 8.76. The van der Waals surface area contributed by atoms with Crippen molar-refractivity contribution in [1.82, 2.24) is 10.5 Å². The molecule has 0 saturated carbocycles. The van der Waals surface area contributed by atoms with Crippen LogP contribution in [-0.4, -0.2) is 30.7 Å². The molecule has 0 radical (unpaired) electrons. The fourth-order valence-electron chi connectivity index (χ4n) is 3.18. The van der Waals surface area contributed by atoms with Crippen LogP contribution in [0.15, 0.2) is 34.9 Å². The number of aromatic nitrogens is 1. The fourth-order valence-corrected chi connectivity index (χ4v) is 3.18. The number of hydrogen-bond acceptors (Lipinski definition) is 4. The molecule has 0 bridgehead atoms. The van der Waals surface area contributed by atoms with Gasteiger partial charge < -0.3 is 14.7 Å². The van der Waals surface area contributed by atoms with Crippen LogP contribution in [0.3, 0.4) is 0 Å². The van der Waals surface area contributed by atoms with Gasteiger partial charge in [-0.15, -0.1) is 0 Å². The van der Waals surface area contributed by atoms with Gasteiger partial charge in [0.15, 0.2) is 0 Å². The summed E-state index contributed by atoms with van der Waals surface area (Å²) < 4.78 is 19.0. The Morgan fingerprint density at radius 3 is 3.00 bits per heavy atom. The Morgan fingerprint density at radius 2 is 2.24 bits per heavy atom. The quantitative estimate of drug-likeness (QED) is 0.873. The van der Waals surface area contributed by atoms with E-state index in [0.717, 1.165) is 31.6 Å². The van der Waals surface area contributed by atoms with Crippen molar-refractivity contribution in [1.29, 1.82) is 0 Å². The molecule has 5 nitrogen and oxygen atoms in total. The van der Waals surface area contributed by atoms with Gasteiger partial charge in [0.2, 0.25) is 5.76 Å². The first-order chi connectivity index (χ1) is 12.0. The van der Waals surface area contributed by atoms with Gasteiger partial charge in [0.1, 0.15) is 5.82 Å². The number of halogens is 1. The highest BCUT2D eigenvalue weighted by atomic mass is 19.1. The summed E-state index contributed by atoms with van der Waals surface area (Å²) in [6.07, 6.45) is 1.71. The van der Waals surface area contributed by atoms with Crippen molar-refractivity contribution in [2.45, 2.75) is 26.7 Å². The van der Waals surface area contributed by atoms with Crippen molar-refractivity contribution in [2.24, 2.45) is 11.8 Å². The summed E-state index contributed by atoms with van der Waals surface area (Å²) in [4.78, 5) is 14.2. The minimum absolute atomic E-state index is 0.202. The van der Waals surface area contributed by atoms with Crippen LogP contribution in [0, 0.1) is 17.7 Å². The lowest BCUT2D eigenvalue weighted by molar-refractivity contribution is 0.0911. The molecular formula is C19H24FN3O2. The summed E-state index contributed by atoms with van der Waals surface area (Å²) in [5, 5.41) is 6.83. The number of hydrogen-bond donors (Lipinski definition) is 1. The molecule has 0 unspecified atom stereocenters. The standard InChI is InChI=1S/C19H24FN3O2/c1-13(2)9-15-10-18(25-22-15)19(24)21-11-14-7-8-23(12-14)17-6-4-3-5-16(17)20/h3-6,10,13-14H,7-9,11-12H2,1-2H3,(H,21,24)/t14-/m0/s1. The highest BCUT2D eigenvalue weighted by molar-refractivity contribution is 5.91.